The van der Waals surface area contributed by atoms with Gasteiger partial charge in [0.25, 0.3) is 0 Å². The van der Waals surface area contributed by atoms with Crippen molar-refractivity contribution in [3.8, 4) is 5.75 Å². The van der Waals surface area contributed by atoms with E-state index in [-0.39, 0.29) is 0 Å². The normalized spacial score (nSPS) is 13.9. The molecule has 2 aromatic rings. The molecule has 0 atom stereocenters. The van der Waals surface area contributed by atoms with Crippen LogP contribution in [0.15, 0.2) is 42.5 Å². The number of benzene rings is 2. The fraction of sp³-hybridized carbons (Fsp3) is 0.294. The zero-order valence-corrected chi connectivity index (χ0v) is 11.8. The van der Waals surface area contributed by atoms with Gasteiger partial charge in [-0.1, -0.05) is 18.2 Å². The monoisotopic (exact) mass is 268 g/mol. The zero-order chi connectivity index (χ0) is 13.9. The average Bonchev–Trinajstić information content (AvgIpc) is 2.49. The molecule has 3 nitrogen and oxygen atoms in total. The van der Waals surface area contributed by atoms with Gasteiger partial charge < -0.3 is 15.4 Å². The van der Waals surface area contributed by atoms with Crippen molar-refractivity contribution >= 4 is 11.4 Å². The molecule has 0 saturated heterocycles. The molecule has 1 aliphatic rings. The lowest BCUT2D eigenvalue weighted by Gasteiger charge is -2.32. The number of nitrogens with two attached hydrogens (primary N) is 1. The Bertz CT molecular complexity index is 610. The van der Waals surface area contributed by atoms with Crippen molar-refractivity contribution in [2.45, 2.75) is 19.4 Å². The van der Waals surface area contributed by atoms with Crippen molar-refractivity contribution in [2.24, 2.45) is 0 Å². The van der Waals surface area contributed by atoms with Crippen LogP contribution in [0.2, 0.25) is 0 Å². The van der Waals surface area contributed by atoms with Gasteiger partial charge in [0.2, 0.25) is 0 Å². The molecule has 0 aliphatic carbocycles. The molecule has 20 heavy (non-hydrogen) atoms. The van der Waals surface area contributed by atoms with E-state index >= 15 is 0 Å². The molecule has 0 amide bonds. The van der Waals surface area contributed by atoms with Crippen molar-refractivity contribution < 1.29 is 4.74 Å². The van der Waals surface area contributed by atoms with E-state index < -0.39 is 0 Å². The minimum atomic E-state index is 0.896. The van der Waals surface area contributed by atoms with Gasteiger partial charge in [-0.3, -0.25) is 0 Å². The summed E-state index contributed by atoms with van der Waals surface area (Å²) in [6.07, 6.45) is 2.24. The van der Waals surface area contributed by atoms with Crippen LogP contribution >= 0.6 is 0 Å². The molecule has 0 unspecified atom stereocenters. The minimum Gasteiger partial charge on any atom is -0.497 e. The van der Waals surface area contributed by atoms with E-state index in [4.69, 9.17) is 10.5 Å². The molecule has 0 radical (unpaired) electrons. The predicted molar refractivity (Wildman–Crippen MR) is 83.2 cm³/mol. The first-order valence-electron chi connectivity index (χ1n) is 7.03. The summed E-state index contributed by atoms with van der Waals surface area (Å²) in [5, 5.41) is 0. The largest absolute Gasteiger partial charge is 0.497 e. The fourth-order valence-corrected chi connectivity index (χ4v) is 2.88. The second-order valence-electron chi connectivity index (χ2n) is 5.22. The molecular formula is C17H20N2O. The van der Waals surface area contributed by atoms with Crippen LogP contribution in [0.4, 0.5) is 11.4 Å². The molecule has 2 aromatic carbocycles. The third kappa shape index (κ3) is 2.44. The maximum absolute atomic E-state index is 6.10. The summed E-state index contributed by atoms with van der Waals surface area (Å²) in [4.78, 5) is 2.41. The molecule has 3 heteroatoms. The van der Waals surface area contributed by atoms with E-state index in [1.807, 2.05) is 24.3 Å². The maximum Gasteiger partial charge on any atom is 0.119 e. The highest BCUT2D eigenvalue weighted by Gasteiger charge is 2.18. The van der Waals surface area contributed by atoms with E-state index in [1.54, 1.807) is 7.11 Å². The summed E-state index contributed by atoms with van der Waals surface area (Å²) < 4.78 is 5.29. The zero-order valence-electron chi connectivity index (χ0n) is 11.8. The second-order valence-corrected chi connectivity index (χ2v) is 5.22. The highest BCUT2D eigenvalue weighted by Crippen LogP contribution is 2.32. The number of ether oxygens (including phenoxy) is 1. The number of methoxy groups -OCH3 is 1. The summed E-state index contributed by atoms with van der Waals surface area (Å²) in [6.45, 7) is 1.97. The summed E-state index contributed by atoms with van der Waals surface area (Å²) in [6, 6.07) is 14.5. The number of rotatable bonds is 3. The van der Waals surface area contributed by atoms with Crippen molar-refractivity contribution in [2.75, 3.05) is 24.3 Å². The third-order valence-electron chi connectivity index (χ3n) is 3.89. The Morgan fingerprint density at radius 3 is 2.90 bits per heavy atom. The Morgan fingerprint density at radius 1 is 1.20 bits per heavy atom. The average molecular weight is 268 g/mol. The molecule has 2 N–H and O–H groups in total. The van der Waals surface area contributed by atoms with Crippen LogP contribution in [0.25, 0.3) is 0 Å². The summed E-state index contributed by atoms with van der Waals surface area (Å²) >= 11 is 0. The molecule has 104 valence electrons. The molecule has 1 heterocycles. The first-order chi connectivity index (χ1) is 9.78. The molecule has 0 saturated carbocycles. The van der Waals surface area contributed by atoms with E-state index in [0.29, 0.717) is 0 Å². The van der Waals surface area contributed by atoms with Crippen molar-refractivity contribution in [3.63, 3.8) is 0 Å². The van der Waals surface area contributed by atoms with Crippen LogP contribution in [0.1, 0.15) is 17.5 Å². The van der Waals surface area contributed by atoms with Gasteiger partial charge in [0.15, 0.2) is 0 Å². The summed E-state index contributed by atoms with van der Waals surface area (Å²) in [5.41, 5.74) is 10.8. The van der Waals surface area contributed by atoms with Crippen LogP contribution in [-0.4, -0.2) is 13.7 Å². The Balaban J connectivity index is 1.87. The van der Waals surface area contributed by atoms with Gasteiger partial charge in [0.1, 0.15) is 5.75 Å². The third-order valence-corrected chi connectivity index (χ3v) is 3.89. The Kier molecular flexibility index (Phi) is 3.50. The number of hydrogen-bond donors (Lipinski definition) is 1. The van der Waals surface area contributed by atoms with Crippen molar-refractivity contribution in [1.29, 1.82) is 0 Å². The van der Waals surface area contributed by atoms with Crippen molar-refractivity contribution in [1.82, 2.24) is 0 Å². The molecule has 1 aliphatic heterocycles. The van der Waals surface area contributed by atoms with Gasteiger partial charge in [-0.05, 0) is 48.2 Å². The van der Waals surface area contributed by atoms with Crippen LogP contribution in [0, 0.1) is 0 Å². The molecule has 0 spiro atoms. The lowest BCUT2D eigenvalue weighted by molar-refractivity contribution is 0.414. The highest BCUT2D eigenvalue weighted by atomic mass is 16.5. The van der Waals surface area contributed by atoms with Gasteiger partial charge in [-0.15, -0.1) is 0 Å². The van der Waals surface area contributed by atoms with E-state index in [2.05, 4.69) is 23.1 Å². The first-order valence-corrected chi connectivity index (χ1v) is 7.03. The van der Waals surface area contributed by atoms with E-state index in [1.165, 1.54) is 16.8 Å². The number of anilines is 2. The predicted octanol–water partition coefficient (Wildman–Crippen LogP) is 3.23. The molecule has 0 bridgehead atoms. The van der Waals surface area contributed by atoms with Gasteiger partial charge in [-0.2, -0.15) is 0 Å². The van der Waals surface area contributed by atoms with Gasteiger partial charge in [0.05, 0.1) is 7.11 Å². The van der Waals surface area contributed by atoms with Crippen LogP contribution in [-0.2, 0) is 13.0 Å². The Morgan fingerprint density at radius 2 is 2.05 bits per heavy atom. The molecule has 3 rings (SSSR count). The number of fused-ring (bicyclic) bond motifs is 1. The number of nitrogens with zero attached hydrogens (tertiary/aromatic N) is 1. The lowest BCUT2D eigenvalue weighted by Crippen LogP contribution is -2.29. The van der Waals surface area contributed by atoms with E-state index in [0.717, 1.165) is 37.4 Å². The minimum absolute atomic E-state index is 0.896. The van der Waals surface area contributed by atoms with Gasteiger partial charge in [0, 0.05) is 24.5 Å². The smallest absolute Gasteiger partial charge is 0.119 e. The SMILES string of the molecule is COc1cccc(CN2CCCc3c(N)cccc32)c1. The van der Waals surface area contributed by atoms with Gasteiger partial charge in [-0.25, -0.2) is 0 Å². The summed E-state index contributed by atoms with van der Waals surface area (Å²) in [7, 11) is 1.70. The Hall–Kier alpha value is -2.16. The second kappa shape index (κ2) is 5.45. The number of nitrogen functional groups attached to an aromatic ring is 1. The van der Waals surface area contributed by atoms with Crippen LogP contribution < -0.4 is 15.4 Å². The quantitative estimate of drug-likeness (QED) is 0.869. The molecular weight excluding hydrogens is 248 g/mol. The van der Waals surface area contributed by atoms with Crippen LogP contribution in [0.5, 0.6) is 5.75 Å². The van der Waals surface area contributed by atoms with Crippen molar-refractivity contribution in [3.05, 3.63) is 53.6 Å². The Labute approximate surface area is 120 Å². The highest BCUT2D eigenvalue weighted by molar-refractivity contribution is 5.66. The lowest BCUT2D eigenvalue weighted by atomic mass is 9.99. The fourth-order valence-electron chi connectivity index (χ4n) is 2.88. The van der Waals surface area contributed by atoms with Gasteiger partial charge >= 0.3 is 0 Å². The number of hydrogen-bond acceptors (Lipinski definition) is 3. The maximum atomic E-state index is 6.10. The topological polar surface area (TPSA) is 38.5 Å². The standard InChI is InChI=1S/C17H20N2O/c1-20-14-6-2-5-13(11-14)12-19-10-4-7-15-16(18)8-3-9-17(15)19/h2-3,5-6,8-9,11H,4,7,10,12,18H2,1H3. The summed E-state index contributed by atoms with van der Waals surface area (Å²) in [5.74, 6) is 0.910. The molecule has 0 aromatic heterocycles. The first kappa shape index (κ1) is 12.9. The van der Waals surface area contributed by atoms with E-state index in [9.17, 15) is 0 Å². The van der Waals surface area contributed by atoms with Crippen LogP contribution in [0.3, 0.4) is 0 Å². The molecule has 0 fully saturated rings.